The number of benzene rings is 2. The molecule has 1 heterocycles. The first-order valence-corrected chi connectivity index (χ1v) is 9.16. The van der Waals surface area contributed by atoms with E-state index in [1.807, 2.05) is 12.1 Å². The molecule has 144 valence electrons. The van der Waals surface area contributed by atoms with E-state index in [1.54, 1.807) is 55.1 Å². The van der Waals surface area contributed by atoms with Gasteiger partial charge < -0.3 is 15.8 Å². The summed E-state index contributed by atoms with van der Waals surface area (Å²) < 4.78 is 6.70. The SMILES string of the molecule is COc1ccc(-n2nnnc2S[C@@H](C)C(=O)Nc2ccc(C(N)=O)cc2)cc1. The molecule has 0 fully saturated rings. The molecule has 0 unspecified atom stereocenters. The Bertz CT molecular complexity index is 972. The number of carbonyl (C=O) groups excluding carboxylic acids is 2. The molecule has 28 heavy (non-hydrogen) atoms. The fraction of sp³-hybridized carbons (Fsp3) is 0.167. The Balaban J connectivity index is 1.67. The lowest BCUT2D eigenvalue weighted by Crippen LogP contribution is -2.23. The van der Waals surface area contributed by atoms with E-state index >= 15 is 0 Å². The van der Waals surface area contributed by atoms with Crippen LogP contribution in [0.2, 0.25) is 0 Å². The topological polar surface area (TPSA) is 125 Å². The van der Waals surface area contributed by atoms with Crippen molar-refractivity contribution in [3.05, 3.63) is 54.1 Å². The van der Waals surface area contributed by atoms with Crippen molar-refractivity contribution in [3.8, 4) is 11.4 Å². The smallest absolute Gasteiger partial charge is 0.248 e. The molecule has 0 spiro atoms. The van der Waals surface area contributed by atoms with Gasteiger partial charge in [-0.25, -0.2) is 0 Å². The van der Waals surface area contributed by atoms with Crippen LogP contribution in [0.15, 0.2) is 53.7 Å². The molecule has 0 aliphatic rings. The number of tetrazole rings is 1. The van der Waals surface area contributed by atoms with Crippen LogP contribution in [0.4, 0.5) is 5.69 Å². The predicted octanol–water partition coefficient (Wildman–Crippen LogP) is 1.89. The van der Waals surface area contributed by atoms with Crippen LogP contribution in [0.25, 0.3) is 5.69 Å². The van der Waals surface area contributed by atoms with Gasteiger partial charge in [-0.2, -0.15) is 4.68 Å². The van der Waals surface area contributed by atoms with Crippen LogP contribution in [0.3, 0.4) is 0 Å². The molecule has 10 heteroatoms. The minimum absolute atomic E-state index is 0.221. The summed E-state index contributed by atoms with van der Waals surface area (Å²) >= 11 is 1.23. The molecule has 3 aromatic rings. The lowest BCUT2D eigenvalue weighted by Gasteiger charge is -2.12. The van der Waals surface area contributed by atoms with Crippen molar-refractivity contribution in [2.75, 3.05) is 12.4 Å². The summed E-state index contributed by atoms with van der Waals surface area (Å²) in [5.74, 6) is -0.0191. The maximum absolute atomic E-state index is 12.5. The second-order valence-corrected chi connectivity index (χ2v) is 7.07. The number of rotatable bonds is 7. The standard InChI is InChI=1S/C18H18N6O3S/c1-11(17(26)20-13-5-3-12(4-6-13)16(19)25)28-18-21-22-23-24(18)14-7-9-15(27-2)10-8-14/h3-11H,1-2H3,(H2,19,25)(H,20,26)/t11-/m0/s1. The minimum Gasteiger partial charge on any atom is -0.497 e. The van der Waals surface area contributed by atoms with Gasteiger partial charge in [0.1, 0.15) is 5.75 Å². The average Bonchev–Trinajstić information content (AvgIpc) is 3.16. The number of ether oxygens (including phenoxy) is 1. The second-order valence-electron chi connectivity index (χ2n) is 5.76. The van der Waals surface area contributed by atoms with Crippen molar-refractivity contribution in [3.63, 3.8) is 0 Å². The van der Waals surface area contributed by atoms with Crippen LogP contribution in [0, 0.1) is 0 Å². The number of anilines is 1. The Hall–Kier alpha value is -3.40. The number of hydrogen-bond donors (Lipinski definition) is 2. The molecule has 0 radical (unpaired) electrons. The first-order valence-electron chi connectivity index (χ1n) is 8.28. The van der Waals surface area contributed by atoms with Crippen LogP contribution < -0.4 is 15.8 Å². The lowest BCUT2D eigenvalue weighted by atomic mass is 10.2. The summed E-state index contributed by atoms with van der Waals surface area (Å²) in [5, 5.41) is 14.5. The van der Waals surface area contributed by atoms with E-state index in [2.05, 4.69) is 20.8 Å². The van der Waals surface area contributed by atoms with Gasteiger partial charge in [0.05, 0.1) is 18.0 Å². The number of nitrogens with one attached hydrogen (secondary N) is 1. The number of primary amides is 1. The molecular formula is C18H18N6O3S. The Morgan fingerprint density at radius 3 is 2.43 bits per heavy atom. The number of nitrogens with two attached hydrogens (primary N) is 1. The van der Waals surface area contributed by atoms with E-state index in [4.69, 9.17) is 10.5 Å². The van der Waals surface area contributed by atoms with Gasteiger partial charge in [0.15, 0.2) is 0 Å². The van der Waals surface area contributed by atoms with Gasteiger partial charge in [0, 0.05) is 11.3 Å². The summed E-state index contributed by atoms with van der Waals surface area (Å²) in [6, 6.07) is 13.6. The summed E-state index contributed by atoms with van der Waals surface area (Å²) in [5.41, 5.74) is 6.90. The van der Waals surface area contributed by atoms with E-state index in [1.165, 1.54) is 11.8 Å². The molecule has 1 atom stereocenters. The fourth-order valence-electron chi connectivity index (χ4n) is 2.31. The lowest BCUT2D eigenvalue weighted by molar-refractivity contribution is -0.115. The molecule has 3 rings (SSSR count). The average molecular weight is 398 g/mol. The molecule has 0 aliphatic heterocycles. The Labute approximate surface area is 165 Å². The molecule has 0 bridgehead atoms. The Morgan fingerprint density at radius 2 is 1.82 bits per heavy atom. The molecule has 2 aromatic carbocycles. The number of thioether (sulfide) groups is 1. The Morgan fingerprint density at radius 1 is 1.14 bits per heavy atom. The number of amides is 2. The van der Waals surface area contributed by atoms with Crippen LogP contribution in [-0.4, -0.2) is 44.4 Å². The summed E-state index contributed by atoms with van der Waals surface area (Å²) in [6.45, 7) is 1.75. The fourth-order valence-corrected chi connectivity index (χ4v) is 3.12. The second kappa shape index (κ2) is 8.53. The molecule has 1 aromatic heterocycles. The van der Waals surface area contributed by atoms with E-state index in [-0.39, 0.29) is 5.91 Å². The van der Waals surface area contributed by atoms with Crippen molar-refractivity contribution in [2.45, 2.75) is 17.3 Å². The van der Waals surface area contributed by atoms with E-state index in [9.17, 15) is 9.59 Å². The number of nitrogens with zero attached hydrogens (tertiary/aromatic N) is 4. The van der Waals surface area contributed by atoms with Crippen molar-refractivity contribution in [2.24, 2.45) is 5.73 Å². The third kappa shape index (κ3) is 4.46. The molecule has 9 nitrogen and oxygen atoms in total. The van der Waals surface area contributed by atoms with Gasteiger partial charge in [-0.05, 0) is 65.9 Å². The van der Waals surface area contributed by atoms with Crippen LogP contribution in [-0.2, 0) is 4.79 Å². The van der Waals surface area contributed by atoms with E-state index in [0.29, 0.717) is 16.4 Å². The Kier molecular flexibility index (Phi) is 5.90. The zero-order valence-electron chi connectivity index (χ0n) is 15.2. The molecule has 0 saturated heterocycles. The predicted molar refractivity (Wildman–Crippen MR) is 105 cm³/mol. The molecule has 0 aliphatic carbocycles. The first kappa shape index (κ1) is 19.4. The van der Waals surface area contributed by atoms with Gasteiger partial charge in [-0.3, -0.25) is 9.59 Å². The van der Waals surface area contributed by atoms with Gasteiger partial charge in [-0.1, -0.05) is 11.8 Å². The van der Waals surface area contributed by atoms with Gasteiger partial charge in [-0.15, -0.1) is 5.10 Å². The highest BCUT2D eigenvalue weighted by Crippen LogP contribution is 2.24. The quantitative estimate of drug-likeness (QED) is 0.582. The van der Waals surface area contributed by atoms with E-state index in [0.717, 1.165) is 11.4 Å². The molecule has 3 N–H and O–H groups in total. The molecule has 2 amide bonds. The third-order valence-electron chi connectivity index (χ3n) is 3.85. The van der Waals surface area contributed by atoms with Crippen molar-refractivity contribution in [1.82, 2.24) is 20.2 Å². The van der Waals surface area contributed by atoms with E-state index < -0.39 is 11.2 Å². The van der Waals surface area contributed by atoms with Crippen molar-refractivity contribution in [1.29, 1.82) is 0 Å². The first-order chi connectivity index (χ1) is 13.5. The van der Waals surface area contributed by atoms with Crippen LogP contribution >= 0.6 is 11.8 Å². The number of hydrogen-bond acceptors (Lipinski definition) is 7. The minimum atomic E-state index is -0.521. The van der Waals surface area contributed by atoms with Crippen LogP contribution in [0.5, 0.6) is 5.75 Å². The highest BCUT2D eigenvalue weighted by Gasteiger charge is 2.19. The van der Waals surface area contributed by atoms with Crippen molar-refractivity contribution < 1.29 is 14.3 Å². The van der Waals surface area contributed by atoms with Crippen LogP contribution in [0.1, 0.15) is 17.3 Å². The highest BCUT2D eigenvalue weighted by molar-refractivity contribution is 8.00. The summed E-state index contributed by atoms with van der Waals surface area (Å²) in [4.78, 5) is 23.6. The maximum Gasteiger partial charge on any atom is 0.248 e. The zero-order valence-corrected chi connectivity index (χ0v) is 16.0. The zero-order chi connectivity index (χ0) is 20.1. The number of aromatic nitrogens is 4. The van der Waals surface area contributed by atoms with Gasteiger partial charge in [0.25, 0.3) is 0 Å². The highest BCUT2D eigenvalue weighted by atomic mass is 32.2. The summed E-state index contributed by atoms with van der Waals surface area (Å²) in [7, 11) is 1.59. The molecular weight excluding hydrogens is 380 g/mol. The summed E-state index contributed by atoms with van der Waals surface area (Å²) in [6.07, 6.45) is 0. The number of carbonyl (C=O) groups is 2. The number of methoxy groups -OCH3 is 1. The van der Waals surface area contributed by atoms with Gasteiger partial charge in [0.2, 0.25) is 17.0 Å². The monoisotopic (exact) mass is 398 g/mol. The largest absolute Gasteiger partial charge is 0.497 e. The maximum atomic E-state index is 12.5. The third-order valence-corrected chi connectivity index (χ3v) is 4.88. The van der Waals surface area contributed by atoms with Crippen molar-refractivity contribution >= 4 is 29.3 Å². The molecule has 0 saturated carbocycles. The normalized spacial score (nSPS) is 11.6. The van der Waals surface area contributed by atoms with Gasteiger partial charge >= 0.3 is 0 Å².